The van der Waals surface area contributed by atoms with Gasteiger partial charge in [-0.05, 0) is 12.1 Å². The predicted molar refractivity (Wildman–Crippen MR) is 76.8 cm³/mol. The fourth-order valence-electron chi connectivity index (χ4n) is 1.46. The van der Waals surface area contributed by atoms with Crippen LogP contribution in [0.5, 0.6) is 5.75 Å². The molecule has 1 amide bonds. The molecule has 2 N–H and O–H groups in total. The molecule has 21 heavy (non-hydrogen) atoms. The third-order valence-corrected chi connectivity index (χ3v) is 3.48. The summed E-state index contributed by atoms with van der Waals surface area (Å²) in [6.45, 7) is -0.379. The summed E-state index contributed by atoms with van der Waals surface area (Å²) in [7, 11) is 0. The molecule has 0 spiro atoms. The maximum absolute atomic E-state index is 13.2. The summed E-state index contributed by atoms with van der Waals surface area (Å²) < 4.78 is 18.3. The van der Waals surface area contributed by atoms with Crippen LogP contribution in [0.15, 0.2) is 29.0 Å². The molecule has 1 aromatic carbocycles. The number of halogens is 2. The zero-order valence-corrected chi connectivity index (χ0v) is 12.0. The number of carboxylic acid groups (broad SMARTS) is 1. The number of carboxylic acids is 1. The van der Waals surface area contributed by atoms with Gasteiger partial charge in [-0.2, -0.15) is 0 Å². The smallest absolute Gasteiger partial charge is 0.338 e. The highest BCUT2D eigenvalue weighted by atomic mass is 35.5. The summed E-state index contributed by atoms with van der Waals surface area (Å²) in [4.78, 5) is 22.5. The van der Waals surface area contributed by atoms with Gasteiger partial charge in [-0.25, -0.2) is 9.18 Å². The van der Waals surface area contributed by atoms with E-state index in [1.165, 1.54) is 22.9 Å². The number of anilines is 1. The van der Waals surface area contributed by atoms with E-state index < -0.39 is 17.7 Å². The van der Waals surface area contributed by atoms with Crippen LogP contribution >= 0.6 is 22.9 Å². The number of rotatable bonds is 5. The van der Waals surface area contributed by atoms with Gasteiger partial charge in [0.1, 0.15) is 11.6 Å². The maximum Gasteiger partial charge on any atom is 0.338 e. The van der Waals surface area contributed by atoms with Crippen molar-refractivity contribution < 1.29 is 23.8 Å². The molecule has 0 radical (unpaired) electrons. The molecule has 2 aromatic rings. The molecule has 0 aliphatic rings. The number of carbonyl (C=O) groups excluding carboxylic acids is 1. The molecular weight excluding hydrogens is 321 g/mol. The van der Waals surface area contributed by atoms with E-state index in [2.05, 4.69) is 5.32 Å². The van der Waals surface area contributed by atoms with Crippen molar-refractivity contribution in [3.8, 4) is 5.75 Å². The van der Waals surface area contributed by atoms with Crippen LogP contribution in [0, 0.1) is 5.82 Å². The average molecular weight is 330 g/mol. The minimum atomic E-state index is -1.13. The Kier molecular flexibility index (Phi) is 4.77. The monoisotopic (exact) mass is 329 g/mol. The van der Waals surface area contributed by atoms with Crippen LogP contribution in [0.1, 0.15) is 10.4 Å². The first kappa shape index (κ1) is 15.3. The van der Waals surface area contributed by atoms with Gasteiger partial charge in [0.2, 0.25) is 0 Å². The topological polar surface area (TPSA) is 75.6 Å². The standard InChI is InChI=1S/C13H9ClFNO4S/c14-9-2-1-7(3-10(9)15)20-4-12(17)16-11-6-21-5-8(11)13(18)19/h1-3,5-6H,4H2,(H,16,17)(H,18,19). The molecule has 110 valence electrons. The minimum absolute atomic E-state index is 0.00545. The fraction of sp³-hybridized carbons (Fsp3) is 0.0769. The largest absolute Gasteiger partial charge is 0.484 e. The highest BCUT2D eigenvalue weighted by molar-refractivity contribution is 7.08. The summed E-state index contributed by atoms with van der Waals surface area (Å²) >= 11 is 6.67. The average Bonchev–Trinajstić information content (AvgIpc) is 2.88. The van der Waals surface area contributed by atoms with Crippen LogP contribution in [0.2, 0.25) is 5.02 Å². The second kappa shape index (κ2) is 6.55. The molecule has 0 saturated carbocycles. The van der Waals surface area contributed by atoms with Crippen LogP contribution in [-0.4, -0.2) is 23.6 Å². The normalized spacial score (nSPS) is 10.2. The summed E-state index contributed by atoms with van der Waals surface area (Å²) in [6, 6.07) is 3.79. The number of hydrogen-bond donors (Lipinski definition) is 2. The number of ether oxygens (including phenoxy) is 1. The number of hydrogen-bond acceptors (Lipinski definition) is 4. The van der Waals surface area contributed by atoms with Gasteiger partial charge in [-0.3, -0.25) is 4.79 Å². The van der Waals surface area contributed by atoms with Crippen molar-refractivity contribution in [1.29, 1.82) is 0 Å². The number of benzene rings is 1. The Hall–Kier alpha value is -2.12. The SMILES string of the molecule is O=C(COc1ccc(Cl)c(F)c1)Nc1cscc1C(=O)O. The Morgan fingerprint density at radius 1 is 1.38 bits per heavy atom. The molecule has 0 fully saturated rings. The van der Waals surface area contributed by atoms with Gasteiger partial charge in [0.25, 0.3) is 5.91 Å². The molecule has 8 heteroatoms. The van der Waals surface area contributed by atoms with Crippen LogP contribution < -0.4 is 10.1 Å². The summed E-state index contributed by atoms with van der Waals surface area (Å²) in [5.41, 5.74) is 0.203. The number of carbonyl (C=O) groups is 2. The van der Waals surface area contributed by atoms with Crippen LogP contribution in [0.3, 0.4) is 0 Å². The molecule has 0 saturated heterocycles. The van der Waals surface area contributed by atoms with E-state index in [1.54, 1.807) is 0 Å². The molecule has 5 nitrogen and oxygen atoms in total. The number of nitrogens with one attached hydrogen (secondary N) is 1. The van der Waals surface area contributed by atoms with E-state index in [-0.39, 0.29) is 28.6 Å². The van der Waals surface area contributed by atoms with E-state index in [9.17, 15) is 14.0 Å². The van der Waals surface area contributed by atoms with Crippen molar-refractivity contribution in [2.75, 3.05) is 11.9 Å². The second-order valence-electron chi connectivity index (χ2n) is 3.92. The van der Waals surface area contributed by atoms with Crippen LogP contribution in [0.4, 0.5) is 10.1 Å². The zero-order chi connectivity index (χ0) is 15.4. The highest BCUT2D eigenvalue weighted by Crippen LogP contribution is 2.22. The molecule has 0 unspecified atom stereocenters. The predicted octanol–water partition coefficient (Wildman–Crippen LogP) is 3.26. The van der Waals surface area contributed by atoms with Gasteiger partial charge in [-0.1, -0.05) is 11.6 Å². The summed E-state index contributed by atoms with van der Waals surface area (Å²) in [5.74, 6) is -2.19. The minimum Gasteiger partial charge on any atom is -0.484 e. The molecule has 1 heterocycles. The van der Waals surface area contributed by atoms with Crippen molar-refractivity contribution in [2.24, 2.45) is 0 Å². The highest BCUT2D eigenvalue weighted by Gasteiger charge is 2.14. The first-order valence-electron chi connectivity index (χ1n) is 5.64. The lowest BCUT2D eigenvalue weighted by Gasteiger charge is -2.07. The third kappa shape index (κ3) is 3.93. The Balaban J connectivity index is 1.94. The van der Waals surface area contributed by atoms with Crippen molar-refractivity contribution in [2.45, 2.75) is 0 Å². The Morgan fingerprint density at radius 3 is 2.81 bits per heavy atom. The second-order valence-corrected chi connectivity index (χ2v) is 5.07. The van der Waals surface area contributed by atoms with E-state index in [4.69, 9.17) is 21.4 Å². The van der Waals surface area contributed by atoms with E-state index in [1.807, 2.05) is 0 Å². The lowest BCUT2D eigenvalue weighted by atomic mass is 10.3. The van der Waals surface area contributed by atoms with Gasteiger partial charge >= 0.3 is 5.97 Å². The van der Waals surface area contributed by atoms with Gasteiger partial charge in [0, 0.05) is 16.8 Å². The molecule has 0 atom stereocenters. The first-order chi connectivity index (χ1) is 9.97. The molecule has 1 aromatic heterocycles. The molecule has 2 rings (SSSR count). The number of thiophene rings is 1. The van der Waals surface area contributed by atoms with Crippen molar-refractivity contribution in [1.82, 2.24) is 0 Å². The summed E-state index contributed by atoms with van der Waals surface area (Å²) in [5, 5.41) is 14.2. The van der Waals surface area contributed by atoms with E-state index >= 15 is 0 Å². The Labute approximate surface area is 127 Å². The van der Waals surface area contributed by atoms with Gasteiger partial charge < -0.3 is 15.2 Å². The first-order valence-corrected chi connectivity index (χ1v) is 6.96. The Morgan fingerprint density at radius 2 is 2.14 bits per heavy atom. The Bertz CT molecular complexity index is 689. The maximum atomic E-state index is 13.2. The molecule has 0 aliphatic carbocycles. The van der Waals surface area contributed by atoms with E-state index in [0.717, 1.165) is 17.4 Å². The third-order valence-electron chi connectivity index (χ3n) is 2.43. The van der Waals surface area contributed by atoms with Gasteiger partial charge in [0.15, 0.2) is 6.61 Å². The van der Waals surface area contributed by atoms with E-state index in [0.29, 0.717) is 0 Å². The van der Waals surface area contributed by atoms with Crippen LogP contribution in [0.25, 0.3) is 0 Å². The van der Waals surface area contributed by atoms with Gasteiger partial charge in [-0.15, -0.1) is 11.3 Å². The number of aromatic carboxylic acids is 1. The lowest BCUT2D eigenvalue weighted by Crippen LogP contribution is -2.21. The quantitative estimate of drug-likeness (QED) is 0.883. The molecule has 0 bridgehead atoms. The zero-order valence-electron chi connectivity index (χ0n) is 10.4. The van der Waals surface area contributed by atoms with Crippen LogP contribution in [-0.2, 0) is 4.79 Å². The van der Waals surface area contributed by atoms with Crippen molar-refractivity contribution >= 4 is 40.5 Å². The van der Waals surface area contributed by atoms with Gasteiger partial charge in [0.05, 0.1) is 16.3 Å². The van der Waals surface area contributed by atoms with Crippen molar-refractivity contribution in [3.63, 3.8) is 0 Å². The molecule has 0 aliphatic heterocycles. The fourth-order valence-corrected chi connectivity index (χ4v) is 2.33. The van der Waals surface area contributed by atoms with Crippen molar-refractivity contribution in [3.05, 3.63) is 45.4 Å². The number of amides is 1. The molecular formula is C13H9ClFNO4S. The summed E-state index contributed by atoms with van der Waals surface area (Å²) in [6.07, 6.45) is 0. The lowest BCUT2D eigenvalue weighted by molar-refractivity contribution is -0.118.